The molecular formula is C10H24N2S. The van der Waals surface area contributed by atoms with Crippen molar-refractivity contribution < 1.29 is 0 Å². The van der Waals surface area contributed by atoms with Gasteiger partial charge in [0.05, 0.1) is 0 Å². The lowest BCUT2D eigenvalue weighted by molar-refractivity contribution is 0.267. The third kappa shape index (κ3) is 8.60. The van der Waals surface area contributed by atoms with Crippen LogP contribution in [0.25, 0.3) is 0 Å². The van der Waals surface area contributed by atoms with Crippen molar-refractivity contribution in [3.63, 3.8) is 0 Å². The van der Waals surface area contributed by atoms with E-state index >= 15 is 0 Å². The summed E-state index contributed by atoms with van der Waals surface area (Å²) in [4.78, 5) is 4.74. The molecule has 3 heteroatoms. The molecule has 0 aliphatic heterocycles. The zero-order valence-corrected chi connectivity index (χ0v) is 10.2. The Hall–Kier alpha value is 0.270. The summed E-state index contributed by atoms with van der Waals surface area (Å²) in [5, 5.41) is 0. The highest BCUT2D eigenvalue weighted by Gasteiger charge is 2.00. The van der Waals surface area contributed by atoms with Crippen LogP contribution in [0.15, 0.2) is 0 Å². The zero-order valence-electron chi connectivity index (χ0n) is 9.29. The van der Waals surface area contributed by atoms with Gasteiger partial charge in [-0.1, -0.05) is 6.92 Å². The summed E-state index contributed by atoms with van der Waals surface area (Å²) in [6.45, 7) is 7.02. The highest BCUT2D eigenvalue weighted by molar-refractivity contribution is 7.80. The van der Waals surface area contributed by atoms with E-state index < -0.39 is 0 Å². The van der Waals surface area contributed by atoms with E-state index in [4.69, 9.17) is 0 Å². The van der Waals surface area contributed by atoms with Gasteiger partial charge in [0.15, 0.2) is 0 Å². The van der Waals surface area contributed by atoms with Gasteiger partial charge < -0.3 is 9.80 Å². The molecule has 0 spiro atoms. The van der Waals surface area contributed by atoms with Crippen molar-refractivity contribution in [3.05, 3.63) is 0 Å². The molecule has 0 heterocycles. The fraction of sp³-hybridized carbons (Fsp3) is 1.00. The maximum atomic E-state index is 4.22. The molecular weight excluding hydrogens is 180 g/mol. The van der Waals surface area contributed by atoms with Gasteiger partial charge >= 0.3 is 0 Å². The van der Waals surface area contributed by atoms with Crippen LogP contribution in [0, 0.1) is 0 Å². The fourth-order valence-electron chi connectivity index (χ4n) is 1.33. The summed E-state index contributed by atoms with van der Waals surface area (Å²) >= 11 is 4.22. The molecule has 80 valence electrons. The fourth-order valence-corrected chi connectivity index (χ4v) is 1.47. The molecule has 0 aromatic rings. The van der Waals surface area contributed by atoms with E-state index in [2.05, 4.69) is 43.4 Å². The number of rotatable bonds is 8. The van der Waals surface area contributed by atoms with Crippen LogP contribution in [0.2, 0.25) is 0 Å². The van der Waals surface area contributed by atoms with Gasteiger partial charge in [-0.05, 0) is 58.9 Å². The van der Waals surface area contributed by atoms with Crippen molar-refractivity contribution in [1.29, 1.82) is 0 Å². The minimum Gasteiger partial charge on any atom is -0.309 e. The van der Waals surface area contributed by atoms with Crippen LogP contribution in [0.3, 0.4) is 0 Å². The second kappa shape index (κ2) is 8.85. The van der Waals surface area contributed by atoms with Crippen LogP contribution in [0.4, 0.5) is 0 Å². The molecule has 0 unspecified atom stereocenters. The van der Waals surface area contributed by atoms with E-state index in [1.807, 2.05) is 0 Å². The molecule has 0 saturated carbocycles. The molecule has 0 aromatic heterocycles. The third-order valence-electron chi connectivity index (χ3n) is 2.16. The molecule has 2 nitrogen and oxygen atoms in total. The second-order valence-electron chi connectivity index (χ2n) is 3.67. The lowest BCUT2D eigenvalue weighted by atomic mass is 10.3. The SMILES string of the molecule is CCN(CCCS)CCCN(C)C. The number of hydrogen-bond acceptors (Lipinski definition) is 3. The van der Waals surface area contributed by atoms with Gasteiger partial charge in [0.1, 0.15) is 0 Å². The Bertz CT molecular complexity index is 107. The topological polar surface area (TPSA) is 6.48 Å². The summed E-state index contributed by atoms with van der Waals surface area (Å²) in [5.41, 5.74) is 0. The Kier molecular flexibility index (Phi) is 9.03. The van der Waals surface area contributed by atoms with Crippen molar-refractivity contribution in [1.82, 2.24) is 9.80 Å². The van der Waals surface area contributed by atoms with Crippen LogP contribution in [-0.2, 0) is 0 Å². The van der Waals surface area contributed by atoms with Crippen molar-refractivity contribution in [2.24, 2.45) is 0 Å². The maximum Gasteiger partial charge on any atom is -0.000666 e. The Balaban J connectivity index is 3.36. The molecule has 0 fully saturated rings. The molecule has 0 radical (unpaired) electrons. The van der Waals surface area contributed by atoms with Crippen molar-refractivity contribution in [3.8, 4) is 0 Å². The third-order valence-corrected chi connectivity index (χ3v) is 2.48. The maximum absolute atomic E-state index is 4.22. The van der Waals surface area contributed by atoms with Crippen molar-refractivity contribution in [2.45, 2.75) is 19.8 Å². The molecule has 0 aliphatic carbocycles. The Labute approximate surface area is 88.7 Å². The average molecular weight is 204 g/mol. The molecule has 0 rings (SSSR count). The van der Waals surface area contributed by atoms with Gasteiger partial charge in [0.2, 0.25) is 0 Å². The van der Waals surface area contributed by atoms with Gasteiger partial charge in [0, 0.05) is 0 Å². The summed E-state index contributed by atoms with van der Waals surface area (Å²) < 4.78 is 0. The summed E-state index contributed by atoms with van der Waals surface area (Å²) in [6, 6.07) is 0. The predicted octanol–water partition coefficient (Wildman–Crippen LogP) is 1.58. The zero-order chi connectivity index (χ0) is 10.1. The smallest absolute Gasteiger partial charge is 0.000666 e. The van der Waals surface area contributed by atoms with Gasteiger partial charge in [-0.2, -0.15) is 12.6 Å². The minimum absolute atomic E-state index is 1.00. The lowest BCUT2D eigenvalue weighted by Crippen LogP contribution is -2.28. The average Bonchev–Trinajstić information content (AvgIpc) is 2.10. The first kappa shape index (κ1) is 13.3. The van der Waals surface area contributed by atoms with E-state index in [1.54, 1.807) is 0 Å². The Morgan fingerprint density at radius 1 is 1.00 bits per heavy atom. The number of hydrogen-bond donors (Lipinski definition) is 1. The number of nitrogens with zero attached hydrogens (tertiary/aromatic N) is 2. The first-order chi connectivity index (χ1) is 6.20. The second-order valence-corrected chi connectivity index (χ2v) is 4.12. The predicted molar refractivity (Wildman–Crippen MR) is 63.8 cm³/mol. The van der Waals surface area contributed by atoms with Crippen LogP contribution in [0.5, 0.6) is 0 Å². The van der Waals surface area contributed by atoms with Gasteiger partial charge in [0.25, 0.3) is 0 Å². The molecule has 0 N–H and O–H groups in total. The summed E-state index contributed by atoms with van der Waals surface area (Å²) in [7, 11) is 4.26. The highest BCUT2D eigenvalue weighted by atomic mass is 32.1. The highest BCUT2D eigenvalue weighted by Crippen LogP contribution is 1.95. The van der Waals surface area contributed by atoms with Crippen molar-refractivity contribution in [2.75, 3.05) is 46.0 Å². The monoisotopic (exact) mass is 204 g/mol. The lowest BCUT2D eigenvalue weighted by Gasteiger charge is -2.20. The first-order valence-corrected chi connectivity index (χ1v) is 5.82. The molecule has 0 saturated heterocycles. The van der Waals surface area contributed by atoms with Gasteiger partial charge in [-0.3, -0.25) is 0 Å². The Morgan fingerprint density at radius 3 is 2.08 bits per heavy atom. The number of thiol groups is 1. The first-order valence-electron chi connectivity index (χ1n) is 5.18. The van der Waals surface area contributed by atoms with Crippen LogP contribution < -0.4 is 0 Å². The molecule has 13 heavy (non-hydrogen) atoms. The molecule has 0 amide bonds. The molecule has 0 aliphatic rings. The van der Waals surface area contributed by atoms with E-state index in [9.17, 15) is 0 Å². The standard InChI is InChI=1S/C10H24N2S/c1-4-12(9-6-10-13)8-5-7-11(2)3/h13H,4-10H2,1-3H3. The van der Waals surface area contributed by atoms with E-state index in [1.165, 1.54) is 39.0 Å². The minimum atomic E-state index is 1.00. The summed E-state index contributed by atoms with van der Waals surface area (Å²) in [5.74, 6) is 1.00. The van der Waals surface area contributed by atoms with E-state index in [0.29, 0.717) is 0 Å². The van der Waals surface area contributed by atoms with Crippen LogP contribution in [-0.4, -0.2) is 55.8 Å². The molecule has 0 aromatic carbocycles. The normalized spacial score (nSPS) is 11.5. The summed E-state index contributed by atoms with van der Waals surface area (Å²) in [6.07, 6.45) is 2.48. The van der Waals surface area contributed by atoms with Crippen LogP contribution >= 0.6 is 12.6 Å². The van der Waals surface area contributed by atoms with Gasteiger partial charge in [-0.15, -0.1) is 0 Å². The quantitative estimate of drug-likeness (QED) is 0.600. The van der Waals surface area contributed by atoms with Crippen LogP contribution in [0.1, 0.15) is 19.8 Å². The van der Waals surface area contributed by atoms with E-state index in [-0.39, 0.29) is 0 Å². The molecule has 0 bridgehead atoms. The molecule has 0 atom stereocenters. The van der Waals surface area contributed by atoms with E-state index in [0.717, 1.165) is 5.75 Å². The van der Waals surface area contributed by atoms with Gasteiger partial charge in [-0.25, -0.2) is 0 Å². The van der Waals surface area contributed by atoms with Crippen molar-refractivity contribution >= 4 is 12.6 Å². The largest absolute Gasteiger partial charge is 0.309 e. The Morgan fingerprint density at radius 2 is 1.62 bits per heavy atom.